The second kappa shape index (κ2) is 7.62. The van der Waals surface area contributed by atoms with E-state index in [1.807, 2.05) is 60.7 Å². The Morgan fingerprint density at radius 3 is 2.43 bits per heavy atom. The van der Waals surface area contributed by atoms with Gasteiger partial charge in [0.25, 0.3) is 5.91 Å². The van der Waals surface area contributed by atoms with Gasteiger partial charge in [0.15, 0.2) is 0 Å². The van der Waals surface area contributed by atoms with Crippen LogP contribution in [0.3, 0.4) is 0 Å². The van der Waals surface area contributed by atoms with E-state index >= 15 is 0 Å². The van der Waals surface area contributed by atoms with Crippen LogP contribution in [0.1, 0.15) is 5.56 Å². The molecule has 3 aromatic rings. The summed E-state index contributed by atoms with van der Waals surface area (Å²) in [5.41, 5.74) is 2.01. The average Bonchev–Trinajstić information content (AvgIpc) is 3.05. The molecule has 0 saturated carbocycles. The van der Waals surface area contributed by atoms with Crippen LogP contribution in [0.15, 0.2) is 60.7 Å². The fourth-order valence-electron chi connectivity index (χ4n) is 1.96. The van der Waals surface area contributed by atoms with E-state index in [1.54, 1.807) is 0 Å². The van der Waals surface area contributed by atoms with E-state index in [0.717, 1.165) is 16.1 Å². The van der Waals surface area contributed by atoms with Crippen LogP contribution in [-0.4, -0.2) is 22.7 Å². The van der Waals surface area contributed by atoms with Crippen LogP contribution >= 0.6 is 11.3 Å². The zero-order valence-corrected chi connectivity index (χ0v) is 13.1. The Bertz CT molecular complexity index is 760. The SMILES string of the molecule is O=C(COCc1ccccc1)Nc1nnc(-c2ccccc2)s1. The van der Waals surface area contributed by atoms with E-state index < -0.39 is 0 Å². The van der Waals surface area contributed by atoms with E-state index in [1.165, 1.54) is 11.3 Å². The molecule has 0 atom stereocenters. The van der Waals surface area contributed by atoms with E-state index in [9.17, 15) is 4.79 Å². The molecule has 1 amide bonds. The first-order valence-corrected chi connectivity index (χ1v) is 7.93. The van der Waals surface area contributed by atoms with Crippen molar-refractivity contribution in [3.63, 3.8) is 0 Å². The molecule has 1 heterocycles. The summed E-state index contributed by atoms with van der Waals surface area (Å²) < 4.78 is 5.39. The lowest BCUT2D eigenvalue weighted by Gasteiger charge is -2.03. The van der Waals surface area contributed by atoms with Gasteiger partial charge in [-0.2, -0.15) is 0 Å². The first-order chi connectivity index (χ1) is 11.3. The summed E-state index contributed by atoms with van der Waals surface area (Å²) in [6.45, 7) is 0.384. The van der Waals surface area contributed by atoms with Crippen LogP contribution in [0.5, 0.6) is 0 Å². The van der Waals surface area contributed by atoms with Gasteiger partial charge in [0.2, 0.25) is 5.13 Å². The molecule has 0 bridgehead atoms. The Labute approximate surface area is 138 Å². The molecule has 0 aliphatic carbocycles. The molecule has 0 saturated heterocycles. The highest BCUT2D eigenvalue weighted by molar-refractivity contribution is 7.18. The lowest BCUT2D eigenvalue weighted by molar-refractivity contribution is -0.121. The number of anilines is 1. The van der Waals surface area contributed by atoms with E-state index in [-0.39, 0.29) is 12.5 Å². The lowest BCUT2D eigenvalue weighted by Crippen LogP contribution is -2.18. The number of amides is 1. The number of nitrogens with one attached hydrogen (secondary N) is 1. The number of benzene rings is 2. The van der Waals surface area contributed by atoms with Gasteiger partial charge >= 0.3 is 0 Å². The number of rotatable bonds is 6. The molecule has 2 aromatic carbocycles. The predicted molar refractivity (Wildman–Crippen MR) is 90.1 cm³/mol. The van der Waals surface area contributed by atoms with Crippen LogP contribution in [0.2, 0.25) is 0 Å². The molecule has 6 heteroatoms. The lowest BCUT2D eigenvalue weighted by atomic mass is 10.2. The molecular formula is C17H15N3O2S. The summed E-state index contributed by atoms with van der Waals surface area (Å²) in [6, 6.07) is 19.4. The monoisotopic (exact) mass is 325 g/mol. The summed E-state index contributed by atoms with van der Waals surface area (Å²) in [7, 11) is 0. The van der Waals surface area contributed by atoms with Gasteiger partial charge in [-0.05, 0) is 5.56 Å². The van der Waals surface area contributed by atoms with Crippen molar-refractivity contribution < 1.29 is 9.53 Å². The van der Waals surface area contributed by atoms with Crippen LogP contribution < -0.4 is 5.32 Å². The Kier molecular flexibility index (Phi) is 5.08. The predicted octanol–water partition coefficient (Wildman–Crippen LogP) is 3.36. The van der Waals surface area contributed by atoms with Crippen LogP contribution in [0.4, 0.5) is 5.13 Å². The highest BCUT2D eigenvalue weighted by atomic mass is 32.1. The van der Waals surface area contributed by atoms with Crippen molar-refractivity contribution in [3.05, 3.63) is 66.2 Å². The van der Waals surface area contributed by atoms with Crippen molar-refractivity contribution in [3.8, 4) is 10.6 Å². The van der Waals surface area contributed by atoms with Gasteiger partial charge in [-0.25, -0.2) is 0 Å². The van der Waals surface area contributed by atoms with Crippen molar-refractivity contribution in [2.24, 2.45) is 0 Å². The second-order valence-electron chi connectivity index (χ2n) is 4.80. The Morgan fingerprint density at radius 1 is 1.00 bits per heavy atom. The van der Waals surface area contributed by atoms with Crippen molar-refractivity contribution >= 4 is 22.4 Å². The minimum absolute atomic E-state index is 0.0187. The molecule has 5 nitrogen and oxygen atoms in total. The standard InChI is InChI=1S/C17H15N3O2S/c21-15(12-22-11-13-7-3-1-4-8-13)18-17-20-19-16(23-17)14-9-5-2-6-10-14/h1-10H,11-12H2,(H,18,20,21). The zero-order valence-electron chi connectivity index (χ0n) is 12.3. The first kappa shape index (κ1) is 15.3. The zero-order chi connectivity index (χ0) is 15.9. The fourth-order valence-corrected chi connectivity index (χ4v) is 2.73. The summed E-state index contributed by atoms with van der Waals surface area (Å²) in [5, 5.41) is 12.0. The maximum absolute atomic E-state index is 11.9. The molecule has 0 unspecified atom stereocenters. The molecule has 3 rings (SSSR count). The molecular weight excluding hydrogens is 310 g/mol. The molecule has 0 radical (unpaired) electrons. The number of hydrogen-bond donors (Lipinski definition) is 1. The topological polar surface area (TPSA) is 64.1 Å². The van der Waals surface area contributed by atoms with E-state index in [0.29, 0.717) is 11.7 Å². The van der Waals surface area contributed by atoms with E-state index in [4.69, 9.17) is 4.74 Å². The van der Waals surface area contributed by atoms with Crippen molar-refractivity contribution in [2.45, 2.75) is 6.61 Å². The van der Waals surface area contributed by atoms with Gasteiger partial charge in [-0.15, -0.1) is 10.2 Å². The van der Waals surface area contributed by atoms with Gasteiger partial charge in [-0.3, -0.25) is 10.1 Å². The Morgan fingerprint density at radius 2 is 1.70 bits per heavy atom. The maximum atomic E-state index is 11.9. The number of hydrogen-bond acceptors (Lipinski definition) is 5. The largest absolute Gasteiger partial charge is 0.367 e. The first-order valence-electron chi connectivity index (χ1n) is 7.12. The second-order valence-corrected chi connectivity index (χ2v) is 5.78. The number of nitrogens with zero attached hydrogens (tertiary/aromatic N) is 2. The smallest absolute Gasteiger partial charge is 0.252 e. The molecule has 1 aromatic heterocycles. The van der Waals surface area contributed by atoms with Crippen LogP contribution in [0.25, 0.3) is 10.6 Å². The van der Waals surface area contributed by atoms with Gasteiger partial charge in [0, 0.05) is 5.56 Å². The quantitative estimate of drug-likeness (QED) is 0.755. The van der Waals surface area contributed by atoms with Gasteiger partial charge in [0.1, 0.15) is 11.6 Å². The molecule has 23 heavy (non-hydrogen) atoms. The molecule has 0 aliphatic rings. The summed E-state index contributed by atoms with van der Waals surface area (Å²) >= 11 is 1.33. The summed E-state index contributed by atoms with van der Waals surface area (Å²) in [4.78, 5) is 11.9. The minimum atomic E-state index is -0.239. The number of ether oxygens (including phenoxy) is 1. The molecule has 0 spiro atoms. The van der Waals surface area contributed by atoms with Crippen LogP contribution in [0, 0.1) is 0 Å². The minimum Gasteiger partial charge on any atom is -0.367 e. The maximum Gasteiger partial charge on any atom is 0.252 e. The highest BCUT2D eigenvalue weighted by Gasteiger charge is 2.09. The molecule has 116 valence electrons. The Hall–Kier alpha value is -2.57. The number of aromatic nitrogens is 2. The van der Waals surface area contributed by atoms with E-state index in [2.05, 4.69) is 15.5 Å². The van der Waals surface area contributed by atoms with Crippen molar-refractivity contribution in [1.29, 1.82) is 0 Å². The molecule has 0 fully saturated rings. The average molecular weight is 325 g/mol. The van der Waals surface area contributed by atoms with Gasteiger partial charge < -0.3 is 4.74 Å². The summed E-state index contributed by atoms with van der Waals surface area (Å²) in [5.74, 6) is -0.239. The highest BCUT2D eigenvalue weighted by Crippen LogP contribution is 2.25. The third-order valence-electron chi connectivity index (χ3n) is 3.04. The van der Waals surface area contributed by atoms with Gasteiger partial charge in [-0.1, -0.05) is 72.0 Å². The number of carbonyl (C=O) groups excluding carboxylic acids is 1. The van der Waals surface area contributed by atoms with Crippen molar-refractivity contribution in [1.82, 2.24) is 10.2 Å². The Balaban J connectivity index is 1.49. The third kappa shape index (κ3) is 4.45. The molecule has 1 N–H and O–H groups in total. The van der Waals surface area contributed by atoms with Gasteiger partial charge in [0.05, 0.1) is 6.61 Å². The third-order valence-corrected chi connectivity index (χ3v) is 3.92. The molecule has 0 aliphatic heterocycles. The normalized spacial score (nSPS) is 10.4. The van der Waals surface area contributed by atoms with Crippen molar-refractivity contribution in [2.75, 3.05) is 11.9 Å². The fraction of sp³-hybridized carbons (Fsp3) is 0.118. The number of carbonyl (C=O) groups is 1. The summed E-state index contributed by atoms with van der Waals surface area (Å²) in [6.07, 6.45) is 0. The van der Waals surface area contributed by atoms with Crippen LogP contribution in [-0.2, 0) is 16.1 Å².